The fraction of sp³-hybridized carbons (Fsp3) is 0.421. The molecule has 2 aromatic rings. The number of rotatable bonds is 5. The standard InChI is InChI=1S/C19H23FN2O3/c1-15-4-3-7-21-18(15)11-22-8-9-24-13-19(23,12-22)14-25-17-6-2-5-16(20)10-17/h2-7,10,23H,8-9,11-14H2,1H3. The van der Waals surface area contributed by atoms with Crippen LogP contribution in [0.25, 0.3) is 0 Å². The molecule has 0 radical (unpaired) electrons. The molecule has 0 spiro atoms. The van der Waals surface area contributed by atoms with Crippen LogP contribution < -0.4 is 4.74 Å². The molecule has 0 amide bonds. The molecule has 1 fully saturated rings. The summed E-state index contributed by atoms with van der Waals surface area (Å²) in [5, 5.41) is 10.9. The van der Waals surface area contributed by atoms with Gasteiger partial charge in [0, 0.05) is 31.9 Å². The lowest BCUT2D eigenvalue weighted by Crippen LogP contribution is -2.48. The van der Waals surface area contributed by atoms with Crippen molar-refractivity contribution in [1.82, 2.24) is 9.88 Å². The minimum atomic E-state index is -1.16. The van der Waals surface area contributed by atoms with Crippen LogP contribution >= 0.6 is 0 Å². The van der Waals surface area contributed by atoms with Gasteiger partial charge in [-0.2, -0.15) is 0 Å². The van der Waals surface area contributed by atoms with Crippen molar-refractivity contribution in [3.05, 3.63) is 59.7 Å². The van der Waals surface area contributed by atoms with Crippen molar-refractivity contribution in [3.8, 4) is 5.75 Å². The molecule has 1 aromatic carbocycles. The third-order valence-corrected chi connectivity index (χ3v) is 4.24. The maximum Gasteiger partial charge on any atom is 0.134 e. The van der Waals surface area contributed by atoms with Gasteiger partial charge < -0.3 is 14.6 Å². The normalized spacial score (nSPS) is 21.7. The number of halogens is 1. The summed E-state index contributed by atoms with van der Waals surface area (Å²) in [7, 11) is 0. The highest BCUT2D eigenvalue weighted by atomic mass is 19.1. The fourth-order valence-corrected chi connectivity index (χ4v) is 2.89. The number of aryl methyl sites for hydroxylation is 1. The lowest BCUT2D eigenvalue weighted by Gasteiger charge is -2.30. The number of hydrogen-bond acceptors (Lipinski definition) is 5. The average Bonchev–Trinajstić information content (AvgIpc) is 2.77. The zero-order valence-electron chi connectivity index (χ0n) is 14.3. The smallest absolute Gasteiger partial charge is 0.134 e. The summed E-state index contributed by atoms with van der Waals surface area (Å²) >= 11 is 0. The molecule has 5 nitrogen and oxygen atoms in total. The van der Waals surface area contributed by atoms with E-state index in [1.165, 1.54) is 12.1 Å². The Labute approximate surface area is 147 Å². The Hall–Kier alpha value is -2.02. The third-order valence-electron chi connectivity index (χ3n) is 4.24. The molecular weight excluding hydrogens is 323 g/mol. The monoisotopic (exact) mass is 346 g/mol. The van der Waals surface area contributed by atoms with E-state index in [0.717, 1.165) is 11.3 Å². The van der Waals surface area contributed by atoms with Crippen LogP contribution in [0, 0.1) is 12.7 Å². The van der Waals surface area contributed by atoms with Gasteiger partial charge in [0.15, 0.2) is 0 Å². The van der Waals surface area contributed by atoms with Gasteiger partial charge in [-0.3, -0.25) is 9.88 Å². The molecule has 1 aromatic heterocycles. The predicted octanol–water partition coefficient (Wildman–Crippen LogP) is 2.17. The topological polar surface area (TPSA) is 54.8 Å². The van der Waals surface area contributed by atoms with Gasteiger partial charge in [-0.05, 0) is 30.7 Å². The SMILES string of the molecule is Cc1cccnc1CN1CCOCC(O)(COc2cccc(F)c2)C1. The van der Waals surface area contributed by atoms with E-state index in [1.54, 1.807) is 18.3 Å². The minimum Gasteiger partial charge on any atom is -0.490 e. The Balaban J connectivity index is 1.64. The maximum absolute atomic E-state index is 13.3. The van der Waals surface area contributed by atoms with Crippen LogP contribution in [0.3, 0.4) is 0 Å². The lowest BCUT2D eigenvalue weighted by atomic mass is 10.1. The summed E-state index contributed by atoms with van der Waals surface area (Å²) in [5.74, 6) is 0.0265. The number of aromatic nitrogens is 1. The van der Waals surface area contributed by atoms with Crippen molar-refractivity contribution in [2.24, 2.45) is 0 Å². The van der Waals surface area contributed by atoms with Crippen molar-refractivity contribution in [3.63, 3.8) is 0 Å². The first kappa shape index (κ1) is 17.8. The molecule has 6 heteroatoms. The fourth-order valence-electron chi connectivity index (χ4n) is 2.89. The quantitative estimate of drug-likeness (QED) is 0.899. The molecule has 1 unspecified atom stereocenters. The minimum absolute atomic E-state index is 0.0359. The number of pyridine rings is 1. The van der Waals surface area contributed by atoms with Crippen molar-refractivity contribution in [1.29, 1.82) is 0 Å². The summed E-state index contributed by atoms with van der Waals surface area (Å²) in [5.41, 5.74) is 0.941. The first-order chi connectivity index (χ1) is 12.0. The number of aliphatic hydroxyl groups is 1. The molecular formula is C19H23FN2O3. The Morgan fingerprint density at radius 2 is 2.24 bits per heavy atom. The number of β-amino-alcohol motifs (C(OH)–C–C–N with tert-alkyl or cyclic N) is 1. The summed E-state index contributed by atoms with van der Waals surface area (Å²) in [6.45, 7) is 4.52. The summed E-state index contributed by atoms with van der Waals surface area (Å²) in [6, 6.07) is 9.83. The summed E-state index contributed by atoms with van der Waals surface area (Å²) < 4.78 is 24.4. The average molecular weight is 346 g/mol. The van der Waals surface area contributed by atoms with Gasteiger partial charge in [0.05, 0.1) is 18.9 Å². The number of nitrogens with zero attached hydrogens (tertiary/aromatic N) is 2. The molecule has 25 heavy (non-hydrogen) atoms. The molecule has 2 heterocycles. The lowest BCUT2D eigenvalue weighted by molar-refractivity contribution is -0.0647. The Bertz CT molecular complexity index is 713. The zero-order valence-corrected chi connectivity index (χ0v) is 14.3. The van der Waals surface area contributed by atoms with E-state index in [1.807, 2.05) is 19.1 Å². The second-order valence-electron chi connectivity index (χ2n) is 6.50. The van der Waals surface area contributed by atoms with Crippen molar-refractivity contribution in [2.45, 2.75) is 19.1 Å². The van der Waals surface area contributed by atoms with Crippen molar-refractivity contribution in [2.75, 3.05) is 32.9 Å². The largest absolute Gasteiger partial charge is 0.490 e. The summed E-state index contributed by atoms with van der Waals surface area (Å²) in [6.07, 6.45) is 1.77. The van der Waals surface area contributed by atoms with Crippen LogP contribution in [0.4, 0.5) is 4.39 Å². The molecule has 1 atom stereocenters. The van der Waals surface area contributed by atoms with Crippen LogP contribution in [0.15, 0.2) is 42.6 Å². The van der Waals surface area contributed by atoms with Crippen LogP contribution in [0.1, 0.15) is 11.3 Å². The molecule has 3 rings (SSSR count). The van der Waals surface area contributed by atoms with E-state index < -0.39 is 5.60 Å². The highest BCUT2D eigenvalue weighted by Crippen LogP contribution is 2.19. The van der Waals surface area contributed by atoms with E-state index >= 15 is 0 Å². The van der Waals surface area contributed by atoms with Gasteiger partial charge in [0.25, 0.3) is 0 Å². The molecule has 0 saturated carbocycles. The van der Waals surface area contributed by atoms with Gasteiger partial charge in [-0.15, -0.1) is 0 Å². The highest BCUT2D eigenvalue weighted by Gasteiger charge is 2.33. The van der Waals surface area contributed by atoms with E-state index in [0.29, 0.717) is 32.0 Å². The molecule has 1 N–H and O–H groups in total. The summed E-state index contributed by atoms with van der Waals surface area (Å²) in [4.78, 5) is 6.53. The van der Waals surface area contributed by atoms with Gasteiger partial charge >= 0.3 is 0 Å². The first-order valence-electron chi connectivity index (χ1n) is 8.35. The number of ether oxygens (including phenoxy) is 2. The van der Waals surface area contributed by atoms with Crippen LogP contribution in [-0.4, -0.2) is 53.5 Å². The Morgan fingerprint density at radius 3 is 3.04 bits per heavy atom. The van der Waals surface area contributed by atoms with E-state index in [2.05, 4.69) is 9.88 Å². The third kappa shape index (κ3) is 4.98. The van der Waals surface area contributed by atoms with Gasteiger partial charge in [-0.1, -0.05) is 12.1 Å². The molecule has 1 saturated heterocycles. The van der Waals surface area contributed by atoms with Crippen LogP contribution in [0.5, 0.6) is 5.75 Å². The number of hydrogen-bond donors (Lipinski definition) is 1. The van der Waals surface area contributed by atoms with Gasteiger partial charge in [-0.25, -0.2) is 4.39 Å². The van der Waals surface area contributed by atoms with E-state index in [4.69, 9.17) is 9.47 Å². The molecule has 0 bridgehead atoms. The molecule has 1 aliphatic rings. The van der Waals surface area contributed by atoms with E-state index in [-0.39, 0.29) is 19.0 Å². The van der Waals surface area contributed by atoms with Crippen molar-refractivity contribution >= 4 is 0 Å². The first-order valence-corrected chi connectivity index (χ1v) is 8.35. The molecule has 0 aliphatic carbocycles. The van der Waals surface area contributed by atoms with E-state index in [9.17, 15) is 9.50 Å². The Morgan fingerprint density at radius 1 is 1.36 bits per heavy atom. The maximum atomic E-state index is 13.3. The molecule has 1 aliphatic heterocycles. The van der Waals surface area contributed by atoms with Gasteiger partial charge in [0.2, 0.25) is 0 Å². The Kier molecular flexibility index (Phi) is 5.63. The van der Waals surface area contributed by atoms with Crippen LogP contribution in [-0.2, 0) is 11.3 Å². The second-order valence-corrected chi connectivity index (χ2v) is 6.50. The predicted molar refractivity (Wildman–Crippen MR) is 91.9 cm³/mol. The van der Waals surface area contributed by atoms with Crippen molar-refractivity contribution < 1.29 is 19.0 Å². The van der Waals surface area contributed by atoms with Gasteiger partial charge in [0.1, 0.15) is 23.8 Å². The second kappa shape index (κ2) is 7.91. The van der Waals surface area contributed by atoms with Crippen LogP contribution in [0.2, 0.25) is 0 Å². The zero-order chi connectivity index (χ0) is 17.7. The highest BCUT2D eigenvalue weighted by molar-refractivity contribution is 5.22. The number of benzene rings is 1. The molecule has 134 valence electrons.